The van der Waals surface area contributed by atoms with Crippen molar-refractivity contribution in [1.82, 2.24) is 0 Å². The van der Waals surface area contributed by atoms with Crippen LogP contribution in [0.15, 0.2) is 0 Å². The van der Waals surface area contributed by atoms with Crippen molar-refractivity contribution in [3.05, 3.63) is 0 Å². The lowest BCUT2D eigenvalue weighted by Crippen LogP contribution is -2.03. The quantitative estimate of drug-likeness (QED) is 0.0331. The number of aliphatic hydroxyl groups is 14. The van der Waals surface area contributed by atoms with Gasteiger partial charge < -0.3 is 105 Å². The first kappa shape index (κ1) is 63.2. The van der Waals surface area contributed by atoms with Crippen LogP contribution >= 0.6 is 0 Å². The van der Waals surface area contributed by atoms with Gasteiger partial charge in [-0.2, -0.15) is 0 Å². The first-order chi connectivity index (χ1) is 23.9. The van der Waals surface area contributed by atoms with E-state index < -0.39 is 0 Å². The predicted molar refractivity (Wildman–Crippen MR) is 175 cm³/mol. The largest absolute Gasteiger partial charge is 0.394 e. The van der Waals surface area contributed by atoms with Gasteiger partial charge in [-0.25, -0.2) is 0 Å². The first-order valence-corrected chi connectivity index (χ1v) is 15.5. The van der Waals surface area contributed by atoms with E-state index in [1.165, 1.54) is 0 Å². The molecule has 0 aromatic heterocycles. The monoisotopic (exact) mass is 742 g/mol. The summed E-state index contributed by atoms with van der Waals surface area (Å²) in [5.41, 5.74) is 0. The molecule has 0 heterocycles. The second-order valence-electron chi connectivity index (χ2n) is 7.42. The summed E-state index contributed by atoms with van der Waals surface area (Å²) in [6.07, 6.45) is 0. The van der Waals surface area contributed by atoms with Crippen molar-refractivity contribution in [2.45, 2.75) is 0 Å². The van der Waals surface area contributed by atoms with Crippen LogP contribution in [0.1, 0.15) is 0 Å². The van der Waals surface area contributed by atoms with Crippen LogP contribution in [-0.4, -0.2) is 256 Å². The molecule has 0 fully saturated rings. The molecule has 0 unspecified atom stereocenters. The van der Waals surface area contributed by atoms with E-state index in [9.17, 15) is 0 Å². The Hall–Kier alpha value is -0.840. The highest BCUT2D eigenvalue weighted by molar-refractivity contribution is 4.27. The Morgan fingerprint density at radius 3 is 0.245 bits per heavy atom. The first-order valence-electron chi connectivity index (χ1n) is 15.5. The van der Waals surface area contributed by atoms with E-state index in [0.717, 1.165) is 0 Å². The van der Waals surface area contributed by atoms with E-state index in [-0.39, 0.29) is 92.5 Å². The normalized spacial score (nSPS) is 9.43. The minimum atomic E-state index is 0.0278. The van der Waals surface area contributed by atoms with Crippen molar-refractivity contribution in [1.29, 1.82) is 0 Å². The summed E-state index contributed by atoms with van der Waals surface area (Å²) in [4.78, 5) is 0. The zero-order valence-electron chi connectivity index (χ0n) is 28.9. The maximum Gasteiger partial charge on any atom is 0.0698 e. The second kappa shape index (κ2) is 86.1. The Bertz CT molecular complexity index is 281. The van der Waals surface area contributed by atoms with Crippen molar-refractivity contribution in [3.8, 4) is 0 Å². The number of hydrogen-bond acceptors (Lipinski definition) is 21. The van der Waals surface area contributed by atoms with E-state index in [4.69, 9.17) is 71.5 Å². The summed E-state index contributed by atoms with van der Waals surface area (Å²) in [5, 5.41) is 113. The van der Waals surface area contributed by atoms with E-state index in [0.29, 0.717) is 92.5 Å². The molecule has 0 aliphatic heterocycles. The summed E-state index contributed by atoms with van der Waals surface area (Å²) in [5.74, 6) is 0. The molecular formula is C28H70O21. The number of hydrogen-bond donors (Lipinski definition) is 14. The molecule has 0 aromatic carbocycles. The van der Waals surface area contributed by atoms with Gasteiger partial charge in [-0.3, -0.25) is 0 Å². The fraction of sp³-hybridized carbons (Fsp3) is 1.00. The van der Waals surface area contributed by atoms with Gasteiger partial charge in [0.05, 0.1) is 185 Å². The topological polar surface area (TPSA) is 348 Å². The molecule has 0 rings (SSSR count). The molecule has 14 N–H and O–H groups in total. The standard InChI is InChI=1S/7C4H10O3/c7*5-1-3-7-4-2-6/h7*5-6H,1-4H2. The summed E-state index contributed by atoms with van der Waals surface area (Å²) in [6.45, 7) is 4.87. The van der Waals surface area contributed by atoms with E-state index >= 15 is 0 Å². The van der Waals surface area contributed by atoms with Gasteiger partial charge in [0, 0.05) is 0 Å². The molecule has 0 radical (unpaired) electrons. The summed E-state index contributed by atoms with van der Waals surface area (Å²) >= 11 is 0. The van der Waals surface area contributed by atoms with Gasteiger partial charge in [0.25, 0.3) is 0 Å². The molecule has 21 heteroatoms. The molecule has 308 valence electrons. The van der Waals surface area contributed by atoms with Crippen LogP contribution in [0.5, 0.6) is 0 Å². The molecule has 0 atom stereocenters. The van der Waals surface area contributed by atoms with Gasteiger partial charge in [-0.1, -0.05) is 0 Å². The summed E-state index contributed by atoms with van der Waals surface area (Å²) in [6, 6.07) is 0. The van der Waals surface area contributed by atoms with Crippen molar-refractivity contribution < 1.29 is 105 Å². The van der Waals surface area contributed by atoms with Crippen LogP contribution < -0.4 is 0 Å². The van der Waals surface area contributed by atoms with Crippen molar-refractivity contribution in [3.63, 3.8) is 0 Å². The lowest BCUT2D eigenvalue weighted by molar-refractivity contribution is 0.0649. The minimum Gasteiger partial charge on any atom is -0.394 e. The van der Waals surface area contributed by atoms with Crippen molar-refractivity contribution in [2.24, 2.45) is 0 Å². The maximum absolute atomic E-state index is 8.09. The molecule has 0 spiro atoms. The van der Waals surface area contributed by atoms with E-state index in [1.54, 1.807) is 0 Å². The molecule has 0 aliphatic carbocycles. The Morgan fingerprint density at radius 1 is 0.143 bits per heavy atom. The average Bonchev–Trinajstić information content (AvgIpc) is 3.12. The van der Waals surface area contributed by atoms with Crippen LogP contribution in [0.4, 0.5) is 0 Å². The predicted octanol–water partition coefficient (Wildman–Crippen LogP) is -7.09. The SMILES string of the molecule is OCCOCCO.OCCOCCO.OCCOCCO.OCCOCCO.OCCOCCO.OCCOCCO.OCCOCCO. The summed E-state index contributed by atoms with van der Waals surface area (Å²) < 4.78 is 32.4. The molecule has 0 saturated carbocycles. The highest BCUT2D eigenvalue weighted by Gasteiger charge is 1.83. The van der Waals surface area contributed by atoms with Crippen LogP contribution in [0.25, 0.3) is 0 Å². The lowest BCUT2D eigenvalue weighted by Gasteiger charge is -1.94. The smallest absolute Gasteiger partial charge is 0.0698 e. The third-order valence-electron chi connectivity index (χ3n) is 3.30. The van der Waals surface area contributed by atoms with E-state index in [2.05, 4.69) is 33.2 Å². The number of ether oxygens (including phenoxy) is 7. The third-order valence-corrected chi connectivity index (χ3v) is 3.30. The van der Waals surface area contributed by atoms with Crippen molar-refractivity contribution in [2.75, 3.05) is 185 Å². The molecule has 0 aliphatic rings. The van der Waals surface area contributed by atoms with Gasteiger partial charge in [0.2, 0.25) is 0 Å². The van der Waals surface area contributed by atoms with Crippen LogP contribution in [0.2, 0.25) is 0 Å². The Morgan fingerprint density at radius 2 is 0.204 bits per heavy atom. The van der Waals surface area contributed by atoms with Crippen molar-refractivity contribution >= 4 is 0 Å². The Kier molecular flexibility index (Phi) is 111. The zero-order chi connectivity index (χ0) is 38.7. The molecule has 0 bridgehead atoms. The van der Waals surface area contributed by atoms with E-state index in [1.807, 2.05) is 0 Å². The second-order valence-corrected chi connectivity index (χ2v) is 7.42. The molecule has 21 nitrogen and oxygen atoms in total. The van der Waals surface area contributed by atoms with Gasteiger partial charge >= 0.3 is 0 Å². The van der Waals surface area contributed by atoms with Crippen LogP contribution in [0.3, 0.4) is 0 Å². The lowest BCUT2D eigenvalue weighted by atomic mass is 10.7. The molecule has 0 aromatic rings. The molecule has 0 amide bonds. The highest BCUT2D eigenvalue weighted by Crippen LogP contribution is 1.71. The average molecular weight is 743 g/mol. The molecule has 0 saturated heterocycles. The van der Waals surface area contributed by atoms with Crippen LogP contribution in [0, 0.1) is 0 Å². The highest BCUT2D eigenvalue weighted by atomic mass is 16.5. The Labute approximate surface area is 290 Å². The fourth-order valence-electron chi connectivity index (χ4n) is 1.62. The fourth-order valence-corrected chi connectivity index (χ4v) is 1.62. The van der Waals surface area contributed by atoms with Gasteiger partial charge in [0.1, 0.15) is 0 Å². The van der Waals surface area contributed by atoms with Crippen LogP contribution in [-0.2, 0) is 33.2 Å². The minimum absolute atomic E-state index is 0.0278. The maximum atomic E-state index is 8.09. The number of aliphatic hydroxyl groups excluding tert-OH is 14. The third kappa shape index (κ3) is 130. The molecule has 49 heavy (non-hydrogen) atoms. The molecular weight excluding hydrogens is 672 g/mol. The zero-order valence-corrected chi connectivity index (χ0v) is 28.9. The van der Waals surface area contributed by atoms with Gasteiger partial charge in [-0.15, -0.1) is 0 Å². The van der Waals surface area contributed by atoms with Gasteiger partial charge in [-0.05, 0) is 0 Å². The number of rotatable bonds is 28. The summed E-state index contributed by atoms with van der Waals surface area (Å²) in [7, 11) is 0. The van der Waals surface area contributed by atoms with Gasteiger partial charge in [0.15, 0.2) is 0 Å². The Balaban J connectivity index is -0.0000000840.